The number of aromatic nitrogens is 1. The molecule has 2 N–H and O–H groups in total. The van der Waals surface area contributed by atoms with Crippen molar-refractivity contribution >= 4 is 5.91 Å². The van der Waals surface area contributed by atoms with E-state index < -0.39 is 6.10 Å². The minimum atomic E-state index is -0.415. The van der Waals surface area contributed by atoms with Gasteiger partial charge in [-0.15, -0.1) is 0 Å². The van der Waals surface area contributed by atoms with Crippen molar-refractivity contribution in [3.63, 3.8) is 0 Å². The highest BCUT2D eigenvalue weighted by Crippen LogP contribution is 2.20. The molecule has 2 atom stereocenters. The van der Waals surface area contributed by atoms with E-state index in [9.17, 15) is 9.90 Å². The maximum atomic E-state index is 12.0. The number of pyridine rings is 1. The fourth-order valence-corrected chi connectivity index (χ4v) is 2.28. The van der Waals surface area contributed by atoms with E-state index in [-0.39, 0.29) is 11.8 Å². The van der Waals surface area contributed by atoms with Gasteiger partial charge >= 0.3 is 0 Å². The quantitative estimate of drug-likeness (QED) is 0.856. The van der Waals surface area contributed by atoms with Crippen LogP contribution in [0.25, 0.3) is 0 Å². The third-order valence-corrected chi connectivity index (χ3v) is 3.30. The number of nitrogens with one attached hydrogen (secondary N) is 1. The highest BCUT2D eigenvalue weighted by atomic mass is 16.3. The van der Waals surface area contributed by atoms with Gasteiger partial charge in [-0.25, -0.2) is 0 Å². The molecule has 1 heterocycles. The number of carbonyl (C=O) groups excluding carboxylic acids is 1. The van der Waals surface area contributed by atoms with Crippen molar-refractivity contribution < 1.29 is 9.90 Å². The molecule has 1 aromatic carbocycles. The molecule has 0 fully saturated rings. The predicted molar refractivity (Wildman–Crippen MR) is 82.1 cm³/mol. The maximum Gasteiger partial charge on any atom is 0.269 e. The van der Waals surface area contributed by atoms with Crippen LogP contribution in [0.5, 0.6) is 0 Å². The van der Waals surface area contributed by atoms with E-state index in [1.165, 1.54) is 0 Å². The van der Waals surface area contributed by atoms with E-state index in [1.54, 1.807) is 31.3 Å². The van der Waals surface area contributed by atoms with Crippen LogP contribution in [0.1, 0.15) is 35.3 Å². The molecule has 1 aromatic heterocycles. The van der Waals surface area contributed by atoms with Gasteiger partial charge < -0.3 is 10.4 Å². The summed E-state index contributed by atoms with van der Waals surface area (Å²) in [5.74, 6) is -0.110. The summed E-state index contributed by atoms with van der Waals surface area (Å²) < 4.78 is 0. The molecule has 110 valence electrons. The number of aliphatic hydroxyl groups excluding tert-OH is 1. The molecule has 0 aliphatic rings. The van der Waals surface area contributed by atoms with Gasteiger partial charge in [0, 0.05) is 18.7 Å². The van der Waals surface area contributed by atoms with Crippen LogP contribution in [-0.2, 0) is 0 Å². The molecule has 0 saturated carbocycles. The van der Waals surface area contributed by atoms with Crippen molar-refractivity contribution in [2.24, 2.45) is 0 Å². The summed E-state index contributed by atoms with van der Waals surface area (Å²) in [6, 6.07) is 15.1. The fourth-order valence-electron chi connectivity index (χ4n) is 2.28. The second-order valence-electron chi connectivity index (χ2n) is 5.12. The number of amides is 1. The standard InChI is InChI=1S/C17H20N2O2/c1-13(20)11-15(14-7-3-2-4-8-14)12-19-17(21)16-9-5-6-10-18-16/h2-10,13,15,20H,11-12H2,1H3,(H,19,21). The average molecular weight is 284 g/mol. The minimum Gasteiger partial charge on any atom is -0.393 e. The van der Waals surface area contributed by atoms with E-state index in [0.29, 0.717) is 18.7 Å². The Balaban J connectivity index is 2.01. The highest BCUT2D eigenvalue weighted by Gasteiger charge is 2.16. The lowest BCUT2D eigenvalue weighted by atomic mass is 9.93. The van der Waals surface area contributed by atoms with Crippen molar-refractivity contribution in [3.8, 4) is 0 Å². The zero-order valence-corrected chi connectivity index (χ0v) is 12.1. The van der Waals surface area contributed by atoms with Gasteiger partial charge in [-0.3, -0.25) is 9.78 Å². The van der Waals surface area contributed by atoms with Crippen LogP contribution in [-0.4, -0.2) is 28.6 Å². The Hall–Kier alpha value is -2.20. The minimum absolute atomic E-state index is 0.0823. The Morgan fingerprint density at radius 2 is 1.90 bits per heavy atom. The highest BCUT2D eigenvalue weighted by molar-refractivity contribution is 5.92. The number of benzene rings is 1. The van der Waals surface area contributed by atoms with Crippen LogP contribution in [0.3, 0.4) is 0 Å². The third kappa shape index (κ3) is 4.68. The van der Waals surface area contributed by atoms with Crippen LogP contribution >= 0.6 is 0 Å². The summed E-state index contributed by atoms with van der Waals surface area (Å²) in [6.07, 6.45) is 1.79. The smallest absolute Gasteiger partial charge is 0.269 e. The lowest BCUT2D eigenvalue weighted by Crippen LogP contribution is -2.30. The van der Waals surface area contributed by atoms with Crippen LogP contribution in [0.15, 0.2) is 54.7 Å². The van der Waals surface area contributed by atoms with Crippen molar-refractivity contribution in [3.05, 3.63) is 66.0 Å². The summed E-state index contributed by atoms with van der Waals surface area (Å²) >= 11 is 0. The molecule has 4 nitrogen and oxygen atoms in total. The number of rotatable bonds is 6. The van der Waals surface area contributed by atoms with Crippen LogP contribution in [0.4, 0.5) is 0 Å². The summed E-state index contributed by atoms with van der Waals surface area (Å²) in [5, 5.41) is 12.5. The van der Waals surface area contributed by atoms with E-state index >= 15 is 0 Å². The average Bonchev–Trinajstić information content (AvgIpc) is 2.52. The number of hydrogen-bond donors (Lipinski definition) is 2. The monoisotopic (exact) mass is 284 g/mol. The number of hydrogen-bond acceptors (Lipinski definition) is 3. The van der Waals surface area contributed by atoms with Gasteiger partial charge in [0.25, 0.3) is 5.91 Å². The molecule has 0 spiro atoms. The van der Waals surface area contributed by atoms with E-state index in [4.69, 9.17) is 0 Å². The molecule has 1 amide bonds. The Morgan fingerprint density at radius 3 is 2.52 bits per heavy atom. The van der Waals surface area contributed by atoms with Crippen molar-refractivity contribution in [1.29, 1.82) is 0 Å². The molecule has 0 saturated heterocycles. The van der Waals surface area contributed by atoms with E-state index in [1.807, 2.05) is 30.3 Å². The predicted octanol–water partition coefficient (Wildman–Crippen LogP) is 2.37. The third-order valence-electron chi connectivity index (χ3n) is 3.30. The first-order chi connectivity index (χ1) is 10.2. The SMILES string of the molecule is CC(O)CC(CNC(=O)c1ccccn1)c1ccccc1. The van der Waals surface area contributed by atoms with Gasteiger partial charge in [-0.05, 0) is 31.0 Å². The lowest BCUT2D eigenvalue weighted by Gasteiger charge is -2.19. The van der Waals surface area contributed by atoms with Gasteiger partial charge in [0.15, 0.2) is 0 Å². The Kier molecular flexibility index (Phi) is 5.46. The zero-order valence-electron chi connectivity index (χ0n) is 12.1. The number of nitrogens with zero attached hydrogens (tertiary/aromatic N) is 1. The summed E-state index contributed by atoms with van der Waals surface area (Å²) in [5.41, 5.74) is 1.51. The molecule has 21 heavy (non-hydrogen) atoms. The Bertz CT molecular complexity index is 556. The molecule has 0 aliphatic heterocycles. The van der Waals surface area contributed by atoms with Gasteiger partial charge in [0.2, 0.25) is 0 Å². The molecular weight excluding hydrogens is 264 g/mol. The second kappa shape index (κ2) is 7.55. The largest absolute Gasteiger partial charge is 0.393 e. The second-order valence-corrected chi connectivity index (χ2v) is 5.12. The molecular formula is C17H20N2O2. The maximum absolute atomic E-state index is 12.0. The fraction of sp³-hybridized carbons (Fsp3) is 0.294. The molecule has 2 unspecified atom stereocenters. The summed E-state index contributed by atoms with van der Waals surface area (Å²) in [4.78, 5) is 16.1. The Labute approximate surface area is 124 Å². The summed E-state index contributed by atoms with van der Waals surface area (Å²) in [6.45, 7) is 2.24. The normalized spacial score (nSPS) is 13.4. The van der Waals surface area contributed by atoms with Crippen molar-refractivity contribution in [2.75, 3.05) is 6.54 Å². The van der Waals surface area contributed by atoms with Gasteiger partial charge in [-0.1, -0.05) is 36.4 Å². The number of aliphatic hydroxyl groups is 1. The molecule has 0 radical (unpaired) electrons. The van der Waals surface area contributed by atoms with E-state index in [2.05, 4.69) is 10.3 Å². The van der Waals surface area contributed by atoms with Crippen LogP contribution in [0.2, 0.25) is 0 Å². The van der Waals surface area contributed by atoms with Crippen LogP contribution in [0, 0.1) is 0 Å². The molecule has 4 heteroatoms. The zero-order chi connectivity index (χ0) is 15.1. The molecule has 0 bridgehead atoms. The van der Waals surface area contributed by atoms with Gasteiger partial charge in [-0.2, -0.15) is 0 Å². The topological polar surface area (TPSA) is 62.2 Å². The first-order valence-corrected chi connectivity index (χ1v) is 7.09. The summed E-state index contributed by atoms with van der Waals surface area (Å²) in [7, 11) is 0. The Morgan fingerprint density at radius 1 is 1.19 bits per heavy atom. The lowest BCUT2D eigenvalue weighted by molar-refractivity contribution is 0.0940. The van der Waals surface area contributed by atoms with Gasteiger partial charge in [0.05, 0.1) is 6.10 Å². The van der Waals surface area contributed by atoms with Crippen molar-refractivity contribution in [1.82, 2.24) is 10.3 Å². The van der Waals surface area contributed by atoms with Crippen LogP contribution < -0.4 is 5.32 Å². The molecule has 2 rings (SSSR count). The molecule has 2 aromatic rings. The van der Waals surface area contributed by atoms with Crippen molar-refractivity contribution in [2.45, 2.75) is 25.4 Å². The first-order valence-electron chi connectivity index (χ1n) is 7.09. The number of carbonyl (C=O) groups is 1. The van der Waals surface area contributed by atoms with E-state index in [0.717, 1.165) is 5.56 Å². The first kappa shape index (κ1) is 15.2. The molecule has 0 aliphatic carbocycles. The van der Waals surface area contributed by atoms with Gasteiger partial charge in [0.1, 0.15) is 5.69 Å².